The Balaban J connectivity index is 1.96. The Labute approximate surface area is 139 Å². The molecule has 4 atom stereocenters. The molecule has 1 N–H and O–H groups in total. The lowest BCUT2D eigenvalue weighted by Crippen LogP contribution is -2.54. The van der Waals surface area contributed by atoms with Gasteiger partial charge in [0.25, 0.3) is 0 Å². The summed E-state index contributed by atoms with van der Waals surface area (Å²) >= 11 is 0. The zero-order chi connectivity index (χ0) is 17.0. The van der Waals surface area contributed by atoms with Crippen molar-refractivity contribution in [3.63, 3.8) is 0 Å². The maximum atomic E-state index is 12.4. The van der Waals surface area contributed by atoms with E-state index in [0.717, 1.165) is 32.1 Å². The Morgan fingerprint density at radius 2 is 1.87 bits per heavy atom. The van der Waals surface area contributed by atoms with Gasteiger partial charge in [0, 0.05) is 17.3 Å². The Kier molecular flexibility index (Phi) is 3.87. The van der Waals surface area contributed by atoms with Crippen LogP contribution in [0.3, 0.4) is 0 Å². The Bertz CT molecular complexity index is 573. The van der Waals surface area contributed by atoms with Crippen molar-refractivity contribution in [3.05, 3.63) is 11.6 Å². The smallest absolute Gasteiger partial charge is 0.167 e. The van der Waals surface area contributed by atoms with E-state index in [2.05, 4.69) is 26.8 Å². The van der Waals surface area contributed by atoms with E-state index in [1.807, 2.05) is 6.92 Å². The standard InChI is InChI=1S/C20H30O3/c1-18(2)15-6-5-13-11-19(3,17(23)12-21)9-7-14(13)20(15,4)10-8-16(18)22/h11,14-15,21H,5-10,12H2,1-4H3. The van der Waals surface area contributed by atoms with Gasteiger partial charge in [-0.2, -0.15) is 0 Å². The number of hydrogen-bond donors (Lipinski definition) is 1. The first kappa shape index (κ1) is 16.9. The quantitative estimate of drug-likeness (QED) is 0.790. The van der Waals surface area contributed by atoms with Crippen LogP contribution in [0.15, 0.2) is 11.6 Å². The zero-order valence-corrected chi connectivity index (χ0v) is 14.9. The van der Waals surface area contributed by atoms with Gasteiger partial charge in [-0.25, -0.2) is 0 Å². The molecule has 0 bridgehead atoms. The maximum Gasteiger partial charge on any atom is 0.167 e. The highest BCUT2D eigenvalue weighted by molar-refractivity contribution is 5.88. The summed E-state index contributed by atoms with van der Waals surface area (Å²) < 4.78 is 0. The number of ketones is 2. The molecule has 3 nitrogen and oxygen atoms in total. The summed E-state index contributed by atoms with van der Waals surface area (Å²) in [5.41, 5.74) is 0.860. The fourth-order valence-corrected chi connectivity index (χ4v) is 5.93. The number of carbonyl (C=O) groups excluding carboxylic acids is 2. The molecule has 23 heavy (non-hydrogen) atoms. The molecule has 0 aromatic rings. The minimum Gasteiger partial charge on any atom is -0.389 e. The molecule has 3 rings (SSSR count). The van der Waals surface area contributed by atoms with E-state index in [1.165, 1.54) is 5.57 Å². The topological polar surface area (TPSA) is 54.4 Å². The van der Waals surface area contributed by atoms with Crippen LogP contribution in [0.25, 0.3) is 0 Å². The van der Waals surface area contributed by atoms with Crippen LogP contribution in [0.4, 0.5) is 0 Å². The Morgan fingerprint density at radius 1 is 1.17 bits per heavy atom. The molecule has 0 heterocycles. The van der Waals surface area contributed by atoms with Crippen LogP contribution in [-0.2, 0) is 9.59 Å². The Hall–Kier alpha value is -0.960. The molecule has 3 aliphatic carbocycles. The van der Waals surface area contributed by atoms with Gasteiger partial charge in [-0.05, 0) is 56.3 Å². The average molecular weight is 318 g/mol. The van der Waals surface area contributed by atoms with Gasteiger partial charge in [0.05, 0.1) is 0 Å². The molecule has 128 valence electrons. The van der Waals surface area contributed by atoms with Crippen LogP contribution in [0.1, 0.15) is 66.2 Å². The normalized spacial score (nSPS) is 42.5. The zero-order valence-electron chi connectivity index (χ0n) is 14.9. The van der Waals surface area contributed by atoms with Crippen LogP contribution in [0.5, 0.6) is 0 Å². The van der Waals surface area contributed by atoms with Crippen molar-refractivity contribution >= 4 is 11.6 Å². The van der Waals surface area contributed by atoms with E-state index in [9.17, 15) is 14.7 Å². The fraction of sp³-hybridized carbons (Fsp3) is 0.800. The third kappa shape index (κ3) is 2.34. The van der Waals surface area contributed by atoms with Crippen LogP contribution in [0, 0.1) is 28.1 Å². The van der Waals surface area contributed by atoms with Crippen molar-refractivity contribution in [2.75, 3.05) is 6.61 Å². The summed E-state index contributed by atoms with van der Waals surface area (Å²) in [6.45, 7) is 8.24. The van der Waals surface area contributed by atoms with Gasteiger partial charge in [-0.3, -0.25) is 9.59 Å². The first-order chi connectivity index (χ1) is 10.6. The van der Waals surface area contributed by atoms with E-state index in [0.29, 0.717) is 24.0 Å². The largest absolute Gasteiger partial charge is 0.389 e. The third-order valence-electron chi connectivity index (χ3n) is 7.48. The van der Waals surface area contributed by atoms with Gasteiger partial charge in [0.1, 0.15) is 12.4 Å². The molecule has 4 unspecified atom stereocenters. The highest BCUT2D eigenvalue weighted by Gasteiger charge is 2.57. The van der Waals surface area contributed by atoms with Crippen molar-refractivity contribution in [3.8, 4) is 0 Å². The van der Waals surface area contributed by atoms with Gasteiger partial charge < -0.3 is 5.11 Å². The van der Waals surface area contributed by atoms with Crippen LogP contribution < -0.4 is 0 Å². The molecule has 2 saturated carbocycles. The van der Waals surface area contributed by atoms with Crippen molar-refractivity contribution in [1.82, 2.24) is 0 Å². The lowest BCUT2D eigenvalue weighted by Gasteiger charge is -2.58. The van der Waals surface area contributed by atoms with Gasteiger partial charge in [0.2, 0.25) is 0 Å². The predicted molar refractivity (Wildman–Crippen MR) is 89.9 cm³/mol. The molecule has 0 radical (unpaired) electrons. The molecular formula is C20H30O3. The lowest BCUT2D eigenvalue weighted by atomic mass is 9.45. The van der Waals surface area contributed by atoms with E-state index in [1.54, 1.807) is 0 Å². The minimum atomic E-state index is -0.496. The molecule has 0 aliphatic heterocycles. The second-order valence-corrected chi connectivity index (χ2v) is 9.05. The summed E-state index contributed by atoms with van der Waals surface area (Å²) in [7, 11) is 0. The van der Waals surface area contributed by atoms with Crippen LogP contribution in [0.2, 0.25) is 0 Å². The van der Waals surface area contributed by atoms with E-state index >= 15 is 0 Å². The summed E-state index contributed by atoms with van der Waals surface area (Å²) in [6.07, 6.45) is 7.70. The van der Waals surface area contributed by atoms with Gasteiger partial charge in [0.15, 0.2) is 5.78 Å². The molecule has 0 aromatic heterocycles. The fourth-order valence-electron chi connectivity index (χ4n) is 5.93. The molecule has 0 aromatic carbocycles. The number of allylic oxidation sites excluding steroid dienone is 2. The lowest BCUT2D eigenvalue weighted by molar-refractivity contribution is -0.145. The number of carbonyl (C=O) groups is 2. The highest BCUT2D eigenvalue weighted by Crippen LogP contribution is 2.62. The molecule has 3 heteroatoms. The van der Waals surface area contributed by atoms with E-state index in [-0.39, 0.29) is 23.2 Å². The summed E-state index contributed by atoms with van der Waals surface area (Å²) in [4.78, 5) is 24.5. The van der Waals surface area contributed by atoms with Gasteiger partial charge >= 0.3 is 0 Å². The van der Waals surface area contributed by atoms with E-state index < -0.39 is 5.41 Å². The highest BCUT2D eigenvalue weighted by atomic mass is 16.3. The first-order valence-corrected chi connectivity index (χ1v) is 9.04. The molecule has 0 amide bonds. The van der Waals surface area contributed by atoms with Crippen molar-refractivity contribution < 1.29 is 14.7 Å². The van der Waals surface area contributed by atoms with Crippen LogP contribution >= 0.6 is 0 Å². The summed E-state index contributed by atoms with van der Waals surface area (Å²) in [5.74, 6) is 1.29. The number of aliphatic hydroxyl groups excluding tert-OH is 1. The molecule has 2 fully saturated rings. The van der Waals surface area contributed by atoms with Crippen LogP contribution in [-0.4, -0.2) is 23.3 Å². The number of hydrogen-bond acceptors (Lipinski definition) is 3. The molecular weight excluding hydrogens is 288 g/mol. The van der Waals surface area contributed by atoms with E-state index in [4.69, 9.17) is 0 Å². The number of rotatable bonds is 2. The second kappa shape index (κ2) is 5.27. The molecule has 0 saturated heterocycles. The number of Topliss-reactive ketones (excluding diaryl/α,β-unsaturated/α-hetero) is 2. The minimum absolute atomic E-state index is 0.0603. The second-order valence-electron chi connectivity index (χ2n) is 9.05. The maximum absolute atomic E-state index is 12.4. The average Bonchev–Trinajstić information content (AvgIpc) is 2.50. The Morgan fingerprint density at radius 3 is 2.52 bits per heavy atom. The summed E-state index contributed by atoms with van der Waals surface area (Å²) in [5, 5.41) is 9.27. The monoisotopic (exact) mass is 318 g/mol. The van der Waals surface area contributed by atoms with Crippen molar-refractivity contribution in [1.29, 1.82) is 0 Å². The summed E-state index contributed by atoms with van der Waals surface area (Å²) in [6, 6.07) is 0. The number of fused-ring (bicyclic) bond motifs is 3. The van der Waals surface area contributed by atoms with Gasteiger partial charge in [-0.1, -0.05) is 32.4 Å². The number of aliphatic hydroxyl groups is 1. The van der Waals surface area contributed by atoms with Crippen molar-refractivity contribution in [2.24, 2.45) is 28.1 Å². The SMILES string of the molecule is CC1(C(=O)CO)C=C2CCC3C(C)(C)C(=O)CCC3(C)C2CC1. The first-order valence-electron chi connectivity index (χ1n) is 9.04. The van der Waals surface area contributed by atoms with Crippen molar-refractivity contribution in [2.45, 2.75) is 66.2 Å². The third-order valence-corrected chi connectivity index (χ3v) is 7.48. The molecule has 3 aliphatic rings. The van der Waals surface area contributed by atoms with Gasteiger partial charge in [-0.15, -0.1) is 0 Å². The predicted octanol–water partition coefficient (Wildman–Crippen LogP) is 3.70. The molecule has 0 spiro atoms.